The van der Waals surface area contributed by atoms with Crippen LogP contribution in [0.25, 0.3) is 0 Å². The Hall–Kier alpha value is -2.70. The summed E-state index contributed by atoms with van der Waals surface area (Å²) in [7, 11) is 1.58. The third-order valence-electron chi connectivity index (χ3n) is 5.98. The van der Waals surface area contributed by atoms with Crippen molar-refractivity contribution in [3.8, 4) is 5.75 Å². The third-order valence-corrected chi connectivity index (χ3v) is 5.98. The van der Waals surface area contributed by atoms with Crippen LogP contribution in [0.5, 0.6) is 5.75 Å². The molecule has 1 heterocycles. The van der Waals surface area contributed by atoms with Crippen molar-refractivity contribution in [2.45, 2.75) is 38.3 Å². The van der Waals surface area contributed by atoms with E-state index in [9.17, 15) is 14.4 Å². The molecule has 4 atom stereocenters. The summed E-state index contributed by atoms with van der Waals surface area (Å²) in [6.45, 7) is 0.295. The van der Waals surface area contributed by atoms with Gasteiger partial charge in [-0.1, -0.05) is 24.6 Å². The Morgan fingerprint density at radius 1 is 1.22 bits per heavy atom. The van der Waals surface area contributed by atoms with Gasteiger partial charge >= 0.3 is 6.03 Å². The second kappa shape index (κ2) is 7.13. The number of aliphatic imine (C=N–C) groups is 1. The van der Waals surface area contributed by atoms with Gasteiger partial charge in [0.1, 0.15) is 5.75 Å². The van der Waals surface area contributed by atoms with Crippen LogP contribution >= 0.6 is 0 Å². The van der Waals surface area contributed by atoms with Crippen molar-refractivity contribution in [1.29, 1.82) is 0 Å². The van der Waals surface area contributed by atoms with E-state index in [0.29, 0.717) is 24.1 Å². The molecule has 4 amide bonds. The Morgan fingerprint density at radius 2 is 2.04 bits per heavy atom. The van der Waals surface area contributed by atoms with Crippen molar-refractivity contribution in [2.24, 2.45) is 22.7 Å². The number of fused-ring (bicyclic) bond motifs is 2. The van der Waals surface area contributed by atoms with Gasteiger partial charge < -0.3 is 4.74 Å². The van der Waals surface area contributed by atoms with Gasteiger partial charge in [0, 0.05) is 17.8 Å². The first-order valence-corrected chi connectivity index (χ1v) is 9.38. The van der Waals surface area contributed by atoms with Gasteiger partial charge in [0.2, 0.25) is 11.8 Å². The zero-order valence-electron chi connectivity index (χ0n) is 15.3. The van der Waals surface area contributed by atoms with Gasteiger partial charge in [-0.25, -0.2) is 4.79 Å². The summed E-state index contributed by atoms with van der Waals surface area (Å²) in [4.78, 5) is 43.0. The smallest absolute Gasteiger partial charge is 0.331 e. The number of amides is 4. The number of nitrogens with zero attached hydrogens (tertiary/aromatic N) is 2. The average molecular weight is 369 g/mol. The standard InChI is InChI=1S/C20H23N3O4/c1-27-17-5-3-2-4-14(17)10-21-11-15-18(24)22-20(26)23(19(15)25)16-9-12-6-7-13(16)8-12/h2-5,11-13,15-16H,6-10H2,1H3,(H,22,24,26)/t12-,13-,15+,16+/m0/s1. The summed E-state index contributed by atoms with van der Waals surface area (Å²) in [5, 5.41) is 2.33. The molecule has 0 radical (unpaired) electrons. The summed E-state index contributed by atoms with van der Waals surface area (Å²) in [5.74, 6) is -0.456. The molecule has 27 heavy (non-hydrogen) atoms. The summed E-state index contributed by atoms with van der Waals surface area (Å²) in [6, 6.07) is 6.78. The Labute approximate surface area is 157 Å². The predicted octanol–water partition coefficient (Wildman–Crippen LogP) is 2.15. The normalized spacial score (nSPS) is 30.3. The number of carbonyl (C=O) groups excluding carboxylic acids is 3. The van der Waals surface area contributed by atoms with E-state index in [1.54, 1.807) is 7.11 Å². The lowest BCUT2D eigenvalue weighted by Gasteiger charge is -2.36. The van der Waals surface area contributed by atoms with Crippen LogP contribution in [0.1, 0.15) is 31.2 Å². The fraction of sp³-hybridized carbons (Fsp3) is 0.500. The van der Waals surface area contributed by atoms with Gasteiger partial charge in [-0.05, 0) is 37.2 Å². The topological polar surface area (TPSA) is 88.1 Å². The second-order valence-electron chi connectivity index (χ2n) is 7.52. The van der Waals surface area contributed by atoms with Gasteiger partial charge in [-0.3, -0.25) is 24.8 Å². The van der Waals surface area contributed by atoms with E-state index in [-0.39, 0.29) is 6.04 Å². The molecule has 1 aromatic rings. The fourth-order valence-corrected chi connectivity index (χ4v) is 4.67. The number of benzene rings is 1. The first kappa shape index (κ1) is 17.7. The summed E-state index contributed by atoms with van der Waals surface area (Å²) < 4.78 is 5.28. The summed E-state index contributed by atoms with van der Waals surface area (Å²) in [6.07, 6.45) is 5.50. The number of nitrogens with one attached hydrogen (secondary N) is 1. The molecule has 1 saturated heterocycles. The maximum Gasteiger partial charge on any atom is 0.331 e. The van der Waals surface area contributed by atoms with E-state index in [4.69, 9.17) is 4.74 Å². The lowest BCUT2D eigenvalue weighted by molar-refractivity contribution is -0.141. The van der Waals surface area contributed by atoms with Gasteiger partial charge in [-0.2, -0.15) is 0 Å². The van der Waals surface area contributed by atoms with Crippen molar-refractivity contribution < 1.29 is 19.1 Å². The molecule has 3 fully saturated rings. The van der Waals surface area contributed by atoms with Crippen molar-refractivity contribution in [3.63, 3.8) is 0 Å². The van der Waals surface area contributed by atoms with Gasteiger partial charge in [0.25, 0.3) is 0 Å². The number of methoxy groups -OCH3 is 1. The highest BCUT2D eigenvalue weighted by Crippen LogP contribution is 2.47. The molecule has 0 spiro atoms. The zero-order valence-corrected chi connectivity index (χ0v) is 15.3. The molecule has 1 N–H and O–H groups in total. The van der Waals surface area contributed by atoms with Crippen LogP contribution < -0.4 is 10.1 Å². The molecule has 0 aromatic heterocycles. The van der Waals surface area contributed by atoms with Gasteiger partial charge in [-0.15, -0.1) is 0 Å². The monoisotopic (exact) mass is 369 g/mol. The lowest BCUT2D eigenvalue weighted by Crippen LogP contribution is -2.62. The van der Waals surface area contributed by atoms with Crippen molar-refractivity contribution in [2.75, 3.05) is 7.11 Å². The van der Waals surface area contributed by atoms with Crippen LogP contribution in [0.2, 0.25) is 0 Å². The first-order chi connectivity index (χ1) is 13.1. The number of hydrogen-bond acceptors (Lipinski definition) is 5. The van der Waals surface area contributed by atoms with E-state index in [1.165, 1.54) is 17.5 Å². The first-order valence-electron chi connectivity index (χ1n) is 9.38. The summed E-state index contributed by atoms with van der Waals surface area (Å²) in [5.41, 5.74) is 0.862. The van der Waals surface area contributed by atoms with Crippen LogP contribution in [0, 0.1) is 17.8 Å². The molecule has 2 aliphatic carbocycles. The molecule has 7 nitrogen and oxygen atoms in total. The molecule has 2 saturated carbocycles. The Balaban J connectivity index is 1.49. The van der Waals surface area contributed by atoms with E-state index in [2.05, 4.69) is 10.3 Å². The number of rotatable bonds is 5. The fourth-order valence-electron chi connectivity index (χ4n) is 4.67. The predicted molar refractivity (Wildman–Crippen MR) is 98.3 cm³/mol. The molecule has 4 rings (SSSR count). The van der Waals surface area contributed by atoms with Gasteiger partial charge in [0.15, 0.2) is 5.92 Å². The number of carbonyl (C=O) groups is 3. The van der Waals surface area contributed by atoms with E-state index in [0.717, 1.165) is 24.8 Å². The van der Waals surface area contributed by atoms with Crippen LogP contribution in [-0.4, -0.2) is 42.1 Å². The minimum Gasteiger partial charge on any atom is -0.496 e. The minimum atomic E-state index is -1.06. The number of para-hydroxylation sites is 1. The molecule has 0 unspecified atom stereocenters. The number of imide groups is 2. The van der Waals surface area contributed by atoms with E-state index in [1.807, 2.05) is 24.3 Å². The number of barbiturate groups is 1. The lowest BCUT2D eigenvalue weighted by atomic mass is 9.92. The zero-order chi connectivity index (χ0) is 19.0. The third kappa shape index (κ3) is 3.22. The molecule has 2 bridgehead atoms. The highest BCUT2D eigenvalue weighted by molar-refractivity contribution is 6.23. The molecule has 142 valence electrons. The quantitative estimate of drug-likeness (QED) is 0.636. The van der Waals surface area contributed by atoms with Crippen LogP contribution in [0.4, 0.5) is 4.79 Å². The highest BCUT2D eigenvalue weighted by atomic mass is 16.5. The maximum absolute atomic E-state index is 12.9. The molecule has 3 aliphatic rings. The number of urea groups is 1. The number of hydrogen-bond donors (Lipinski definition) is 1. The van der Waals surface area contributed by atoms with Crippen molar-refractivity contribution >= 4 is 24.1 Å². The second-order valence-corrected chi connectivity index (χ2v) is 7.52. The van der Waals surface area contributed by atoms with Gasteiger partial charge in [0.05, 0.1) is 13.7 Å². The maximum atomic E-state index is 12.9. The van der Waals surface area contributed by atoms with Crippen LogP contribution in [-0.2, 0) is 16.1 Å². The highest BCUT2D eigenvalue weighted by Gasteiger charge is 2.50. The van der Waals surface area contributed by atoms with Crippen LogP contribution in [0.15, 0.2) is 29.3 Å². The average Bonchev–Trinajstić information content (AvgIpc) is 3.28. The number of ether oxygens (including phenoxy) is 1. The SMILES string of the molecule is COc1ccccc1CN=C[C@@H]1C(=O)NC(=O)N([C@@H]2C[C@H]3CC[C@H]2C3)C1=O. The van der Waals surface area contributed by atoms with E-state index >= 15 is 0 Å². The van der Waals surface area contributed by atoms with Crippen molar-refractivity contribution in [1.82, 2.24) is 10.2 Å². The summed E-state index contributed by atoms with van der Waals surface area (Å²) >= 11 is 0. The molecule has 7 heteroatoms. The largest absolute Gasteiger partial charge is 0.496 e. The Morgan fingerprint density at radius 3 is 2.74 bits per heavy atom. The van der Waals surface area contributed by atoms with Crippen molar-refractivity contribution in [3.05, 3.63) is 29.8 Å². The molecule has 1 aromatic carbocycles. The molecular weight excluding hydrogens is 346 g/mol. The Kier molecular flexibility index (Phi) is 4.68. The molecular formula is C20H23N3O4. The van der Waals surface area contributed by atoms with E-state index < -0.39 is 23.8 Å². The Bertz CT molecular complexity index is 806. The van der Waals surface area contributed by atoms with Crippen LogP contribution in [0.3, 0.4) is 0 Å². The minimum absolute atomic E-state index is 0.0885. The molecule has 1 aliphatic heterocycles.